The molecule has 0 radical (unpaired) electrons. The molecule has 1 rings (SSSR count). The Labute approximate surface area is 113 Å². The Morgan fingerprint density at radius 1 is 1.16 bits per heavy atom. The molecular formula is C14H20N2O3. The minimum absolute atomic E-state index is 0.118. The van der Waals surface area contributed by atoms with E-state index >= 15 is 0 Å². The van der Waals surface area contributed by atoms with Crippen molar-refractivity contribution in [2.75, 3.05) is 31.6 Å². The molecule has 1 N–H and O–H groups in total. The van der Waals surface area contributed by atoms with Crippen LogP contribution in [0.3, 0.4) is 0 Å². The van der Waals surface area contributed by atoms with Gasteiger partial charge in [-0.05, 0) is 38.1 Å². The summed E-state index contributed by atoms with van der Waals surface area (Å²) in [5.41, 5.74) is 1.61. The zero-order valence-electron chi connectivity index (χ0n) is 11.6. The number of ether oxygens (including phenoxy) is 1. The Morgan fingerprint density at radius 3 is 2.21 bits per heavy atom. The molecule has 1 amide bonds. The van der Waals surface area contributed by atoms with E-state index in [0.717, 1.165) is 18.8 Å². The van der Waals surface area contributed by atoms with Crippen molar-refractivity contribution in [1.29, 1.82) is 0 Å². The number of amides is 1. The Morgan fingerprint density at radius 2 is 1.74 bits per heavy atom. The fourth-order valence-corrected chi connectivity index (χ4v) is 1.74. The lowest BCUT2D eigenvalue weighted by Crippen LogP contribution is -2.30. The predicted octanol–water partition coefficient (Wildman–Crippen LogP) is 1.44. The fraction of sp³-hybridized carbons (Fsp3) is 0.429. The number of carbonyl (C=O) groups excluding carboxylic acids is 2. The van der Waals surface area contributed by atoms with Crippen molar-refractivity contribution in [3.8, 4) is 0 Å². The van der Waals surface area contributed by atoms with Crippen molar-refractivity contribution in [2.45, 2.75) is 13.8 Å². The van der Waals surface area contributed by atoms with E-state index in [9.17, 15) is 9.59 Å². The normalized spacial score (nSPS) is 9.84. The number of benzene rings is 1. The van der Waals surface area contributed by atoms with Gasteiger partial charge in [0.15, 0.2) is 0 Å². The summed E-state index contributed by atoms with van der Waals surface area (Å²) in [6, 6.07) is 7.31. The van der Waals surface area contributed by atoms with Gasteiger partial charge in [0.1, 0.15) is 6.54 Å². The summed E-state index contributed by atoms with van der Waals surface area (Å²) in [6.07, 6.45) is 0. The number of nitrogens with zero attached hydrogens (tertiary/aromatic N) is 1. The Balaban J connectivity index is 2.65. The maximum absolute atomic E-state index is 11.8. The minimum Gasteiger partial charge on any atom is -0.468 e. The number of anilines is 1. The number of hydrogen-bond donors (Lipinski definition) is 1. The first kappa shape index (κ1) is 15.0. The molecule has 5 heteroatoms. The Hall–Kier alpha value is -2.04. The molecule has 0 saturated carbocycles. The molecule has 0 aliphatic rings. The van der Waals surface area contributed by atoms with Crippen LogP contribution in [0.1, 0.15) is 24.2 Å². The van der Waals surface area contributed by atoms with Gasteiger partial charge in [-0.3, -0.25) is 9.59 Å². The highest BCUT2D eigenvalue weighted by atomic mass is 16.5. The van der Waals surface area contributed by atoms with E-state index in [0.29, 0.717) is 5.56 Å². The molecule has 0 atom stereocenters. The molecule has 1 aromatic rings. The molecule has 0 aliphatic carbocycles. The summed E-state index contributed by atoms with van der Waals surface area (Å²) in [6.45, 7) is 5.89. The molecule has 1 aromatic carbocycles. The number of esters is 1. The molecule has 19 heavy (non-hydrogen) atoms. The molecular weight excluding hydrogens is 244 g/mol. The highest BCUT2D eigenvalue weighted by Crippen LogP contribution is 2.14. The van der Waals surface area contributed by atoms with Crippen LogP contribution in [0, 0.1) is 0 Å². The van der Waals surface area contributed by atoms with E-state index in [-0.39, 0.29) is 12.5 Å². The second-order valence-corrected chi connectivity index (χ2v) is 3.98. The molecule has 0 aromatic heterocycles. The van der Waals surface area contributed by atoms with Crippen molar-refractivity contribution in [3.63, 3.8) is 0 Å². The van der Waals surface area contributed by atoms with E-state index in [1.807, 2.05) is 12.1 Å². The molecule has 0 unspecified atom stereocenters. The van der Waals surface area contributed by atoms with Crippen LogP contribution < -0.4 is 10.2 Å². The number of nitrogens with one attached hydrogen (secondary N) is 1. The van der Waals surface area contributed by atoms with Crippen LogP contribution in [0.4, 0.5) is 5.69 Å². The van der Waals surface area contributed by atoms with Gasteiger partial charge in [-0.2, -0.15) is 0 Å². The third-order valence-corrected chi connectivity index (χ3v) is 2.88. The standard InChI is InChI=1S/C14H20N2O3/c1-4-16(5-2)12-8-6-11(7-9-12)14(18)15-10-13(17)19-3/h6-9H,4-5,10H2,1-3H3,(H,15,18). The summed E-state index contributed by atoms with van der Waals surface area (Å²) >= 11 is 0. The first-order valence-corrected chi connectivity index (χ1v) is 6.32. The van der Waals surface area contributed by atoms with Crippen LogP contribution in [-0.2, 0) is 9.53 Å². The average molecular weight is 264 g/mol. The van der Waals surface area contributed by atoms with Crippen molar-refractivity contribution in [3.05, 3.63) is 29.8 Å². The molecule has 0 fully saturated rings. The number of methoxy groups -OCH3 is 1. The third-order valence-electron chi connectivity index (χ3n) is 2.88. The zero-order chi connectivity index (χ0) is 14.3. The van der Waals surface area contributed by atoms with E-state index in [4.69, 9.17) is 0 Å². The smallest absolute Gasteiger partial charge is 0.325 e. The van der Waals surface area contributed by atoms with Gasteiger partial charge in [-0.1, -0.05) is 0 Å². The molecule has 5 nitrogen and oxygen atoms in total. The molecule has 0 heterocycles. The van der Waals surface area contributed by atoms with Crippen LogP contribution in [-0.4, -0.2) is 38.6 Å². The van der Waals surface area contributed by atoms with E-state index in [1.54, 1.807) is 12.1 Å². The predicted molar refractivity (Wildman–Crippen MR) is 74.4 cm³/mol. The SMILES string of the molecule is CCN(CC)c1ccc(C(=O)NCC(=O)OC)cc1. The third kappa shape index (κ3) is 4.28. The lowest BCUT2D eigenvalue weighted by Gasteiger charge is -2.21. The maximum atomic E-state index is 11.8. The largest absolute Gasteiger partial charge is 0.468 e. The summed E-state index contributed by atoms with van der Waals surface area (Å²) in [7, 11) is 1.29. The lowest BCUT2D eigenvalue weighted by atomic mass is 10.2. The minimum atomic E-state index is -0.465. The van der Waals surface area contributed by atoms with Gasteiger partial charge in [0.2, 0.25) is 0 Å². The Kier molecular flexibility index (Phi) is 5.85. The Bertz CT molecular complexity index is 425. The van der Waals surface area contributed by atoms with Gasteiger partial charge in [-0.15, -0.1) is 0 Å². The maximum Gasteiger partial charge on any atom is 0.325 e. The van der Waals surface area contributed by atoms with Crippen molar-refractivity contribution in [2.24, 2.45) is 0 Å². The second-order valence-electron chi connectivity index (χ2n) is 3.98. The molecule has 104 valence electrons. The molecule has 0 aliphatic heterocycles. The van der Waals surface area contributed by atoms with Crippen LogP contribution in [0.25, 0.3) is 0 Å². The first-order chi connectivity index (χ1) is 9.12. The lowest BCUT2D eigenvalue weighted by molar-refractivity contribution is -0.139. The van der Waals surface area contributed by atoms with Gasteiger partial charge < -0.3 is 15.0 Å². The highest BCUT2D eigenvalue weighted by molar-refractivity contribution is 5.96. The van der Waals surface area contributed by atoms with E-state index < -0.39 is 5.97 Å². The summed E-state index contributed by atoms with van der Waals surface area (Å²) in [5.74, 6) is -0.746. The first-order valence-electron chi connectivity index (χ1n) is 6.32. The molecule has 0 bridgehead atoms. The van der Waals surface area contributed by atoms with Gasteiger partial charge in [0.05, 0.1) is 7.11 Å². The highest BCUT2D eigenvalue weighted by Gasteiger charge is 2.08. The second kappa shape index (κ2) is 7.41. The number of rotatable bonds is 6. The van der Waals surface area contributed by atoms with Gasteiger partial charge in [0.25, 0.3) is 5.91 Å². The molecule has 0 spiro atoms. The van der Waals surface area contributed by atoms with Crippen molar-refractivity contribution in [1.82, 2.24) is 5.32 Å². The summed E-state index contributed by atoms with van der Waals surface area (Å²) < 4.78 is 4.46. The topological polar surface area (TPSA) is 58.6 Å². The van der Waals surface area contributed by atoms with Crippen molar-refractivity contribution >= 4 is 17.6 Å². The van der Waals surface area contributed by atoms with Crippen LogP contribution in [0.5, 0.6) is 0 Å². The monoisotopic (exact) mass is 264 g/mol. The van der Waals surface area contributed by atoms with Gasteiger partial charge in [0, 0.05) is 24.3 Å². The quantitative estimate of drug-likeness (QED) is 0.790. The number of carbonyl (C=O) groups is 2. The van der Waals surface area contributed by atoms with E-state index in [2.05, 4.69) is 28.8 Å². The van der Waals surface area contributed by atoms with Crippen molar-refractivity contribution < 1.29 is 14.3 Å². The zero-order valence-corrected chi connectivity index (χ0v) is 11.6. The summed E-state index contributed by atoms with van der Waals surface area (Å²) in [5, 5.41) is 2.50. The van der Waals surface area contributed by atoms with Crippen LogP contribution in [0.2, 0.25) is 0 Å². The summed E-state index contributed by atoms with van der Waals surface area (Å²) in [4.78, 5) is 24.9. The fourth-order valence-electron chi connectivity index (χ4n) is 1.74. The van der Waals surface area contributed by atoms with Crippen LogP contribution in [0.15, 0.2) is 24.3 Å². The van der Waals surface area contributed by atoms with Crippen LogP contribution >= 0.6 is 0 Å². The van der Waals surface area contributed by atoms with E-state index in [1.165, 1.54) is 7.11 Å². The van der Waals surface area contributed by atoms with Gasteiger partial charge in [-0.25, -0.2) is 0 Å². The average Bonchev–Trinajstić information content (AvgIpc) is 2.46. The number of hydrogen-bond acceptors (Lipinski definition) is 4. The van der Waals surface area contributed by atoms with Gasteiger partial charge >= 0.3 is 5.97 Å². The molecule has 0 saturated heterocycles.